The number of hydrogen-bond donors (Lipinski definition) is 1. The summed E-state index contributed by atoms with van der Waals surface area (Å²) in [5.74, 6) is -0.937. The minimum atomic E-state index is -3.84. The third-order valence-corrected chi connectivity index (χ3v) is 2.96. The molecule has 0 bridgehead atoms. The van der Waals surface area contributed by atoms with Crippen LogP contribution in [-0.4, -0.2) is 51.1 Å². The summed E-state index contributed by atoms with van der Waals surface area (Å²) in [5, 5.41) is 2.63. The number of ether oxygens (including phenoxy) is 2. The van der Waals surface area contributed by atoms with Gasteiger partial charge in [-0.15, -0.1) is 0 Å². The molecule has 1 N–H and O–H groups in total. The second-order valence-electron chi connectivity index (χ2n) is 5.85. The molecule has 0 aliphatic carbocycles. The molecule has 1 aliphatic rings. The van der Waals surface area contributed by atoms with Gasteiger partial charge >= 0.3 is 22.2 Å². The fourth-order valence-electron chi connectivity index (χ4n) is 1.73. The van der Waals surface area contributed by atoms with Gasteiger partial charge in [0.15, 0.2) is 6.10 Å². The predicted octanol–water partition coefficient (Wildman–Crippen LogP) is 0.562. The molecule has 1 rings (SSSR count). The Bertz CT molecular complexity index is 486. The molecule has 0 spiro atoms. The summed E-state index contributed by atoms with van der Waals surface area (Å²) in [6.07, 6.45) is 0.0164. The van der Waals surface area contributed by atoms with Gasteiger partial charge in [-0.05, 0) is 33.6 Å². The molecule has 1 fully saturated rings. The van der Waals surface area contributed by atoms with Gasteiger partial charge in [-0.25, -0.2) is 9.59 Å². The highest BCUT2D eigenvalue weighted by Gasteiger charge is 2.31. The Morgan fingerprint density at radius 1 is 1.24 bits per heavy atom. The van der Waals surface area contributed by atoms with Gasteiger partial charge in [-0.1, -0.05) is 0 Å². The molecule has 1 aliphatic heterocycles. The molecule has 1 saturated heterocycles. The Kier molecular flexibility index (Phi) is 5.57. The van der Waals surface area contributed by atoms with E-state index in [1.165, 1.54) is 0 Å². The zero-order valence-electron chi connectivity index (χ0n) is 12.5. The van der Waals surface area contributed by atoms with Gasteiger partial charge in [0.2, 0.25) is 0 Å². The number of rotatable bonds is 3. The van der Waals surface area contributed by atoms with E-state index in [-0.39, 0.29) is 19.1 Å². The van der Waals surface area contributed by atoms with E-state index in [2.05, 4.69) is 9.50 Å². The fraction of sp³-hybridized carbons (Fsp3) is 0.833. The molecule has 0 radical (unpaired) electrons. The van der Waals surface area contributed by atoms with Crippen LogP contribution in [0.15, 0.2) is 0 Å². The molecule has 0 aromatic carbocycles. The van der Waals surface area contributed by atoms with Crippen molar-refractivity contribution in [2.24, 2.45) is 0 Å². The van der Waals surface area contributed by atoms with Crippen LogP contribution >= 0.6 is 0 Å². The van der Waals surface area contributed by atoms with Gasteiger partial charge in [-0.3, -0.25) is 0 Å². The van der Waals surface area contributed by atoms with Crippen LogP contribution in [0, 0.1) is 0 Å². The number of amides is 1. The molecule has 9 heteroatoms. The summed E-state index contributed by atoms with van der Waals surface area (Å²) >= 11 is 0. The smallest absolute Gasteiger partial charge is 0.407 e. The monoisotopic (exact) mass is 323 g/mol. The van der Waals surface area contributed by atoms with Gasteiger partial charge < -0.3 is 19.0 Å². The quantitative estimate of drug-likeness (QED) is 0.756. The average molecular weight is 323 g/mol. The number of carbonyl (C=O) groups is 2. The van der Waals surface area contributed by atoms with E-state index in [0.717, 1.165) is 6.26 Å². The van der Waals surface area contributed by atoms with E-state index in [1.807, 2.05) is 0 Å². The van der Waals surface area contributed by atoms with Crippen molar-refractivity contribution in [1.29, 1.82) is 0 Å². The topological polar surface area (TPSA) is 108 Å². The lowest BCUT2D eigenvalue weighted by atomic mass is 10.1. The Hall–Kier alpha value is -1.35. The second kappa shape index (κ2) is 6.61. The van der Waals surface area contributed by atoms with Crippen molar-refractivity contribution >= 4 is 22.2 Å². The van der Waals surface area contributed by atoms with Crippen LogP contribution in [0.4, 0.5) is 4.79 Å². The number of alkyl carbamates (subject to hydrolysis) is 1. The Labute approximate surface area is 124 Å². The minimum absolute atomic E-state index is 0.0861. The van der Waals surface area contributed by atoms with Crippen molar-refractivity contribution in [2.45, 2.75) is 51.4 Å². The zero-order chi connectivity index (χ0) is 16.3. The molecule has 0 aromatic rings. The molecule has 8 nitrogen and oxygen atoms in total. The molecule has 122 valence electrons. The van der Waals surface area contributed by atoms with Gasteiger partial charge in [0, 0.05) is 0 Å². The third-order valence-electron chi connectivity index (χ3n) is 2.49. The Balaban J connectivity index is 2.39. The van der Waals surface area contributed by atoms with Crippen molar-refractivity contribution in [2.75, 3.05) is 12.9 Å². The summed E-state index contributed by atoms with van der Waals surface area (Å²) in [6, 6.07) is -0.290. The van der Waals surface area contributed by atoms with Crippen LogP contribution in [0.25, 0.3) is 0 Å². The number of nitrogens with one attached hydrogen (secondary N) is 1. The third kappa shape index (κ3) is 7.28. The summed E-state index contributed by atoms with van der Waals surface area (Å²) in [6.45, 7) is 5.34. The summed E-state index contributed by atoms with van der Waals surface area (Å²) in [5.41, 5.74) is -0.596. The van der Waals surface area contributed by atoms with E-state index in [1.54, 1.807) is 20.8 Å². The first kappa shape index (κ1) is 17.7. The van der Waals surface area contributed by atoms with Gasteiger partial charge in [0.05, 0.1) is 18.9 Å². The Morgan fingerprint density at radius 2 is 1.86 bits per heavy atom. The maximum atomic E-state index is 11.6. The molecule has 21 heavy (non-hydrogen) atoms. The standard InChI is InChI=1S/C12H21NO7S/c1-12(2,3)19-11(15)13-8-5-6-9(18-7-8)10(14)20-21(4,16)17/h8-9H,5-7H2,1-4H3,(H,13,15)/t8-,9+/m1/s1. The largest absolute Gasteiger partial charge is 0.444 e. The first-order valence-electron chi connectivity index (χ1n) is 6.51. The zero-order valence-corrected chi connectivity index (χ0v) is 13.4. The average Bonchev–Trinajstić information content (AvgIpc) is 2.24. The first-order valence-corrected chi connectivity index (χ1v) is 8.32. The van der Waals surface area contributed by atoms with E-state index < -0.39 is 33.9 Å². The highest BCUT2D eigenvalue weighted by molar-refractivity contribution is 7.86. The van der Waals surface area contributed by atoms with Crippen LogP contribution in [0.5, 0.6) is 0 Å². The van der Waals surface area contributed by atoms with Gasteiger partial charge in [-0.2, -0.15) is 8.42 Å². The normalized spacial score (nSPS) is 23.2. The lowest BCUT2D eigenvalue weighted by molar-refractivity contribution is -0.150. The lowest BCUT2D eigenvalue weighted by Crippen LogP contribution is -2.46. The van der Waals surface area contributed by atoms with E-state index in [4.69, 9.17) is 9.47 Å². The number of carbonyl (C=O) groups excluding carboxylic acids is 2. The molecule has 0 saturated carbocycles. The summed E-state index contributed by atoms with van der Waals surface area (Å²) < 4.78 is 36.3. The van der Waals surface area contributed by atoms with Crippen LogP contribution in [0.2, 0.25) is 0 Å². The van der Waals surface area contributed by atoms with Gasteiger partial charge in [0.25, 0.3) is 0 Å². The maximum Gasteiger partial charge on any atom is 0.407 e. The molecule has 2 atom stereocenters. The first-order chi connectivity index (χ1) is 9.46. The van der Waals surface area contributed by atoms with Crippen molar-refractivity contribution in [3.05, 3.63) is 0 Å². The fourth-order valence-corrected chi connectivity index (χ4v) is 2.13. The molecule has 1 heterocycles. The summed E-state index contributed by atoms with van der Waals surface area (Å²) in [4.78, 5) is 23.1. The van der Waals surface area contributed by atoms with E-state index in [9.17, 15) is 18.0 Å². The molecule has 0 aromatic heterocycles. The van der Waals surface area contributed by atoms with Gasteiger partial charge in [0.1, 0.15) is 5.60 Å². The van der Waals surface area contributed by atoms with Crippen LogP contribution < -0.4 is 5.32 Å². The van der Waals surface area contributed by atoms with Crippen LogP contribution in [0.1, 0.15) is 33.6 Å². The van der Waals surface area contributed by atoms with Crippen molar-refractivity contribution < 1.29 is 31.7 Å². The van der Waals surface area contributed by atoms with E-state index in [0.29, 0.717) is 6.42 Å². The van der Waals surface area contributed by atoms with Crippen molar-refractivity contribution in [3.8, 4) is 0 Å². The second-order valence-corrected chi connectivity index (χ2v) is 7.42. The highest BCUT2D eigenvalue weighted by atomic mass is 32.2. The molecular formula is C12H21NO7S. The predicted molar refractivity (Wildman–Crippen MR) is 73.1 cm³/mol. The highest BCUT2D eigenvalue weighted by Crippen LogP contribution is 2.16. The lowest BCUT2D eigenvalue weighted by Gasteiger charge is -2.29. The molecule has 1 amide bonds. The minimum Gasteiger partial charge on any atom is -0.444 e. The summed E-state index contributed by atoms with van der Waals surface area (Å²) in [7, 11) is -3.84. The van der Waals surface area contributed by atoms with E-state index >= 15 is 0 Å². The van der Waals surface area contributed by atoms with Crippen molar-refractivity contribution in [1.82, 2.24) is 5.32 Å². The maximum absolute atomic E-state index is 11.6. The van der Waals surface area contributed by atoms with Crippen molar-refractivity contribution in [3.63, 3.8) is 0 Å². The molecule has 0 unspecified atom stereocenters. The SMILES string of the molecule is CC(C)(C)OC(=O)N[C@@H]1CC[C@@H](C(=O)OS(C)(=O)=O)OC1. The molecular weight excluding hydrogens is 302 g/mol. The van der Waals surface area contributed by atoms with Crippen LogP contribution in [0.3, 0.4) is 0 Å². The van der Waals surface area contributed by atoms with Crippen LogP contribution in [-0.2, 0) is 28.6 Å². The Morgan fingerprint density at radius 3 is 2.29 bits per heavy atom. The number of hydrogen-bond acceptors (Lipinski definition) is 7.